The highest BCUT2D eigenvalue weighted by Crippen LogP contribution is 2.13. The molecule has 0 unspecified atom stereocenters. The minimum atomic E-state index is 0.425. The number of amides is 1. The number of nitrogens with one attached hydrogen (secondary N) is 1. The molecule has 1 amide bonds. The maximum Gasteiger partial charge on any atom is 0.207 e. The Kier molecular flexibility index (Phi) is 19.0. The number of pyridine rings is 1. The van der Waals surface area contributed by atoms with E-state index < -0.39 is 0 Å². The van der Waals surface area contributed by atoms with E-state index in [1.807, 2.05) is 72.8 Å². The summed E-state index contributed by atoms with van der Waals surface area (Å²) in [5, 5.41) is 2.80. The molecule has 0 saturated carbocycles. The van der Waals surface area contributed by atoms with Crippen LogP contribution in [-0.2, 0) is 4.79 Å². The van der Waals surface area contributed by atoms with E-state index >= 15 is 0 Å². The molecule has 0 atom stereocenters. The van der Waals surface area contributed by atoms with Crippen molar-refractivity contribution in [3.05, 3.63) is 48.3 Å². The molecule has 0 aliphatic carbocycles. The zero-order valence-electron chi connectivity index (χ0n) is 19.8. The third kappa shape index (κ3) is 14.4. The van der Waals surface area contributed by atoms with Crippen LogP contribution in [0.15, 0.2) is 42.1 Å². The normalized spacial score (nSPS) is 14.4. The van der Waals surface area contributed by atoms with Crippen LogP contribution in [0.3, 0.4) is 0 Å². The third-order valence-electron chi connectivity index (χ3n) is 3.99. The highest BCUT2D eigenvalue weighted by molar-refractivity contribution is 5.96. The Morgan fingerprint density at radius 2 is 1.83 bits per heavy atom. The van der Waals surface area contributed by atoms with Crippen LogP contribution >= 0.6 is 0 Å². The molecule has 5 nitrogen and oxygen atoms in total. The molecule has 29 heavy (non-hydrogen) atoms. The summed E-state index contributed by atoms with van der Waals surface area (Å²) >= 11 is 0. The van der Waals surface area contributed by atoms with Gasteiger partial charge in [0.05, 0.1) is 5.70 Å². The Balaban J connectivity index is 0. The van der Waals surface area contributed by atoms with Gasteiger partial charge in [-0.25, -0.2) is 0 Å². The lowest BCUT2D eigenvalue weighted by Gasteiger charge is -2.28. The van der Waals surface area contributed by atoms with E-state index in [1.54, 1.807) is 6.20 Å². The Hall–Kier alpha value is -2.27. The summed E-state index contributed by atoms with van der Waals surface area (Å²) in [7, 11) is 2.11. The highest BCUT2D eigenvalue weighted by Gasteiger charge is 2.14. The van der Waals surface area contributed by atoms with Gasteiger partial charge >= 0.3 is 0 Å². The average molecular weight is 403 g/mol. The second-order valence-corrected chi connectivity index (χ2v) is 6.25. The van der Waals surface area contributed by atoms with Crippen LogP contribution in [0.25, 0.3) is 5.70 Å². The van der Waals surface area contributed by atoms with Crippen LogP contribution in [0, 0.1) is 6.92 Å². The summed E-state index contributed by atoms with van der Waals surface area (Å²) in [5.41, 5.74) is 3.66. The smallest absolute Gasteiger partial charge is 0.207 e. The minimum absolute atomic E-state index is 0.425. The lowest BCUT2D eigenvalue weighted by molar-refractivity contribution is -0.110. The molecule has 1 N–H and O–H groups in total. The van der Waals surface area contributed by atoms with Crippen molar-refractivity contribution in [1.29, 1.82) is 0 Å². The van der Waals surface area contributed by atoms with Crippen molar-refractivity contribution in [2.24, 2.45) is 4.99 Å². The summed E-state index contributed by atoms with van der Waals surface area (Å²) in [4.78, 5) is 20.9. The second kappa shape index (κ2) is 19.1. The van der Waals surface area contributed by atoms with E-state index in [9.17, 15) is 4.79 Å². The predicted octanol–water partition coefficient (Wildman–Crippen LogP) is 5.28. The molecule has 0 aromatic carbocycles. The van der Waals surface area contributed by atoms with Gasteiger partial charge in [-0.2, -0.15) is 0 Å². The van der Waals surface area contributed by atoms with Crippen LogP contribution in [0.1, 0.15) is 65.6 Å². The lowest BCUT2D eigenvalue weighted by Crippen LogP contribution is -2.40. The first-order chi connectivity index (χ1) is 14.0. The second-order valence-electron chi connectivity index (χ2n) is 6.25. The van der Waals surface area contributed by atoms with Gasteiger partial charge in [-0.15, -0.1) is 0 Å². The molecule has 5 heteroatoms. The number of piperidine rings is 1. The van der Waals surface area contributed by atoms with Crippen molar-refractivity contribution < 1.29 is 4.79 Å². The number of hydrogen-bond acceptors (Lipinski definition) is 4. The Bertz CT molecular complexity index is 598. The molecule has 1 saturated heterocycles. The van der Waals surface area contributed by atoms with E-state index in [-0.39, 0.29) is 0 Å². The molecule has 1 fully saturated rings. The molecular formula is C24H42N4O. The highest BCUT2D eigenvalue weighted by atomic mass is 16.1. The van der Waals surface area contributed by atoms with Crippen LogP contribution in [0.2, 0.25) is 0 Å². The standard InChI is InChI=1S/C13H16N2.C7H14N2O.2C2H6/c1-5-6-11(3)15-12(4)13-8-7-10(2)14-9-13;1-9-4-2-7(3-5-9)8-6-10;2*1-2/h5-9H,4H2,1-3H3;6-7H,2-5H2,1H3,(H,8,10);2*1-2H3/b6-5-,15-11?;;;. The average Bonchev–Trinajstić information content (AvgIpc) is 2.74. The fraction of sp³-hybridized carbons (Fsp3) is 0.542. The SMILES string of the molecule is C=C(N=C(C)/C=C\C)c1ccc(C)nc1.CC.CC.CN1CCC(NC=O)CC1. The van der Waals surface area contributed by atoms with Crippen LogP contribution in [-0.4, -0.2) is 48.2 Å². The van der Waals surface area contributed by atoms with Crippen LogP contribution in [0.5, 0.6) is 0 Å². The van der Waals surface area contributed by atoms with Gasteiger partial charge < -0.3 is 10.2 Å². The maximum atomic E-state index is 10.0. The summed E-state index contributed by atoms with van der Waals surface area (Å²) in [6.07, 6.45) is 8.69. The predicted molar refractivity (Wildman–Crippen MR) is 128 cm³/mol. The van der Waals surface area contributed by atoms with Gasteiger partial charge in [0.15, 0.2) is 0 Å². The van der Waals surface area contributed by atoms with Crippen molar-refractivity contribution in [1.82, 2.24) is 15.2 Å². The number of nitrogens with zero attached hydrogens (tertiary/aromatic N) is 3. The molecule has 0 spiro atoms. The van der Waals surface area contributed by atoms with E-state index in [0.29, 0.717) is 6.04 Å². The molecular weight excluding hydrogens is 360 g/mol. The van der Waals surface area contributed by atoms with Gasteiger partial charge in [0.2, 0.25) is 6.41 Å². The van der Waals surface area contributed by atoms with Crippen LogP contribution < -0.4 is 5.32 Å². The Morgan fingerprint density at radius 1 is 1.24 bits per heavy atom. The van der Waals surface area contributed by atoms with Gasteiger partial charge in [0.1, 0.15) is 0 Å². The summed E-state index contributed by atoms with van der Waals surface area (Å²) in [6, 6.07) is 4.37. The van der Waals surface area contributed by atoms with E-state index in [2.05, 4.69) is 33.8 Å². The Morgan fingerprint density at radius 3 is 2.28 bits per heavy atom. The number of carbonyl (C=O) groups excluding carboxylic acids is 1. The lowest BCUT2D eigenvalue weighted by atomic mass is 10.1. The number of aliphatic imine (C=N–C) groups is 1. The van der Waals surface area contributed by atoms with Crippen LogP contribution in [0.4, 0.5) is 0 Å². The van der Waals surface area contributed by atoms with Crippen molar-refractivity contribution >= 4 is 17.8 Å². The monoisotopic (exact) mass is 402 g/mol. The quantitative estimate of drug-likeness (QED) is 0.539. The fourth-order valence-corrected chi connectivity index (χ4v) is 2.47. The number of aryl methyl sites for hydroxylation is 1. The van der Waals surface area contributed by atoms with E-state index in [1.165, 1.54) is 0 Å². The molecule has 1 aliphatic heterocycles. The third-order valence-corrected chi connectivity index (χ3v) is 3.99. The van der Waals surface area contributed by atoms with Crippen molar-refractivity contribution in [2.45, 2.75) is 67.3 Å². The largest absolute Gasteiger partial charge is 0.356 e. The first kappa shape index (κ1) is 28.9. The van der Waals surface area contributed by atoms with E-state index in [0.717, 1.165) is 55.0 Å². The molecule has 0 radical (unpaired) electrons. The summed E-state index contributed by atoms with van der Waals surface area (Å²) < 4.78 is 0. The van der Waals surface area contributed by atoms with Crippen molar-refractivity contribution in [3.8, 4) is 0 Å². The van der Waals surface area contributed by atoms with Crippen molar-refractivity contribution in [3.63, 3.8) is 0 Å². The number of hydrogen-bond donors (Lipinski definition) is 1. The van der Waals surface area contributed by atoms with E-state index in [4.69, 9.17) is 0 Å². The molecule has 1 aromatic heterocycles. The molecule has 164 valence electrons. The molecule has 2 rings (SSSR count). The number of allylic oxidation sites excluding steroid dienone is 2. The number of likely N-dealkylation sites (tertiary alicyclic amines) is 1. The van der Waals surface area contributed by atoms with Crippen molar-refractivity contribution in [2.75, 3.05) is 20.1 Å². The maximum absolute atomic E-state index is 10.0. The molecule has 1 aliphatic rings. The first-order valence-corrected chi connectivity index (χ1v) is 10.6. The molecule has 1 aromatic rings. The summed E-state index contributed by atoms with van der Waals surface area (Å²) in [5.74, 6) is 0. The Labute approximate surface area is 179 Å². The van der Waals surface area contributed by atoms with Gasteiger partial charge in [0, 0.05) is 29.2 Å². The number of aromatic nitrogens is 1. The minimum Gasteiger partial charge on any atom is -0.356 e. The fourth-order valence-electron chi connectivity index (χ4n) is 2.47. The first-order valence-electron chi connectivity index (χ1n) is 10.6. The number of rotatable bonds is 5. The van der Waals surface area contributed by atoms with Gasteiger partial charge in [-0.1, -0.05) is 40.3 Å². The number of carbonyl (C=O) groups is 1. The zero-order valence-corrected chi connectivity index (χ0v) is 19.8. The molecule has 0 bridgehead atoms. The topological polar surface area (TPSA) is 57.6 Å². The van der Waals surface area contributed by atoms with Gasteiger partial charge in [-0.05, 0) is 72.0 Å². The zero-order chi connectivity index (χ0) is 22.7. The summed E-state index contributed by atoms with van der Waals surface area (Å²) in [6.45, 7) is 20.0. The van der Waals surface area contributed by atoms with Gasteiger partial charge in [-0.3, -0.25) is 14.8 Å². The van der Waals surface area contributed by atoms with Gasteiger partial charge in [0.25, 0.3) is 0 Å². The molecule has 2 heterocycles.